The molecule has 2 heterocycles. The lowest BCUT2D eigenvalue weighted by atomic mass is 9.79. The van der Waals surface area contributed by atoms with Crippen LogP contribution < -0.4 is 20.7 Å². The number of alkyl halides is 1. The first-order valence-corrected chi connectivity index (χ1v) is 13.1. The molecule has 8 nitrogen and oxygen atoms in total. The van der Waals surface area contributed by atoms with Gasteiger partial charge in [0, 0.05) is 18.7 Å². The molecule has 0 bridgehead atoms. The Kier molecular flexibility index (Phi) is 7.88. The van der Waals surface area contributed by atoms with E-state index in [-0.39, 0.29) is 5.88 Å². The van der Waals surface area contributed by atoms with Gasteiger partial charge in [0.05, 0.1) is 32.3 Å². The summed E-state index contributed by atoms with van der Waals surface area (Å²) in [6, 6.07) is 26.7. The number of methoxy groups -OCH3 is 2. The Morgan fingerprint density at radius 2 is 1.44 bits per heavy atom. The quantitative estimate of drug-likeness (QED) is 0.245. The summed E-state index contributed by atoms with van der Waals surface area (Å²) in [5.41, 5.74) is 0.552. The van der Waals surface area contributed by atoms with Crippen LogP contribution in [0.25, 0.3) is 0 Å². The van der Waals surface area contributed by atoms with E-state index in [4.69, 9.17) is 30.5 Å². The second-order valence-corrected chi connectivity index (χ2v) is 9.51. The molecule has 202 valence electrons. The molecule has 3 aromatic carbocycles. The highest BCUT2D eigenvalue weighted by Gasteiger charge is 2.46. The summed E-state index contributed by atoms with van der Waals surface area (Å²) < 4.78 is 25.5. The third-order valence-corrected chi connectivity index (χ3v) is 7.30. The van der Waals surface area contributed by atoms with Gasteiger partial charge in [-0.15, -0.1) is 11.6 Å². The van der Waals surface area contributed by atoms with Crippen LogP contribution in [0.1, 0.15) is 29.3 Å². The SMILES string of the molecule is COc1ccc(C(O[C@H]2C[C@H](n3ccc(=O)[nH]c3=O)O[C@@H]2CCl)(c2ccccc2)c2ccc(OC)cc2)cc1. The standard InChI is InChI=1S/C30H29ClN2O6/c1-36-23-12-8-21(9-13-23)30(20-6-4-3-5-7-20,22-10-14-24(37-2)15-11-22)39-25-18-28(38-26(25)19-31)33-17-16-27(34)32-29(33)35/h3-17,25-26,28H,18-19H2,1-2H3,(H,32,34,35)/t25-,26+,28+/m0/s1. The van der Waals surface area contributed by atoms with E-state index in [2.05, 4.69) is 4.98 Å². The van der Waals surface area contributed by atoms with E-state index >= 15 is 0 Å². The van der Waals surface area contributed by atoms with Crippen molar-refractivity contribution >= 4 is 11.6 Å². The van der Waals surface area contributed by atoms with Crippen molar-refractivity contribution in [2.24, 2.45) is 0 Å². The minimum absolute atomic E-state index is 0.148. The van der Waals surface area contributed by atoms with Gasteiger partial charge in [-0.2, -0.15) is 0 Å². The summed E-state index contributed by atoms with van der Waals surface area (Å²) in [7, 11) is 3.25. The van der Waals surface area contributed by atoms with Gasteiger partial charge in [-0.3, -0.25) is 14.3 Å². The smallest absolute Gasteiger partial charge is 0.330 e. The summed E-state index contributed by atoms with van der Waals surface area (Å²) in [4.78, 5) is 26.4. The molecule has 0 unspecified atom stereocenters. The number of halogens is 1. The van der Waals surface area contributed by atoms with E-state index in [9.17, 15) is 9.59 Å². The van der Waals surface area contributed by atoms with E-state index in [1.807, 2.05) is 78.9 Å². The number of rotatable bonds is 9. The zero-order valence-corrected chi connectivity index (χ0v) is 22.3. The number of hydrogen-bond acceptors (Lipinski definition) is 6. The zero-order valence-electron chi connectivity index (χ0n) is 21.6. The fourth-order valence-electron chi connectivity index (χ4n) is 5.04. The number of H-pyrrole nitrogens is 1. The minimum Gasteiger partial charge on any atom is -0.497 e. The molecule has 0 saturated carbocycles. The Hall–Kier alpha value is -3.85. The Balaban J connectivity index is 1.65. The summed E-state index contributed by atoms with van der Waals surface area (Å²) in [5.74, 6) is 1.58. The highest BCUT2D eigenvalue weighted by atomic mass is 35.5. The largest absolute Gasteiger partial charge is 0.497 e. The topological polar surface area (TPSA) is 91.8 Å². The first kappa shape index (κ1) is 26.7. The maximum atomic E-state index is 12.5. The fraction of sp³-hybridized carbons (Fsp3) is 0.267. The van der Waals surface area contributed by atoms with Crippen LogP contribution in [0, 0.1) is 0 Å². The molecule has 1 aromatic heterocycles. The van der Waals surface area contributed by atoms with Crippen molar-refractivity contribution in [3.8, 4) is 11.5 Å². The second-order valence-electron chi connectivity index (χ2n) is 9.20. The summed E-state index contributed by atoms with van der Waals surface area (Å²) >= 11 is 6.38. The lowest BCUT2D eigenvalue weighted by Gasteiger charge is -2.39. The third-order valence-electron chi connectivity index (χ3n) is 7.00. The highest BCUT2D eigenvalue weighted by Crippen LogP contribution is 2.45. The minimum atomic E-state index is -1.07. The van der Waals surface area contributed by atoms with Crippen molar-refractivity contribution in [2.45, 2.75) is 30.5 Å². The van der Waals surface area contributed by atoms with Crippen molar-refractivity contribution in [3.63, 3.8) is 0 Å². The normalized spacial score (nSPS) is 19.1. The monoisotopic (exact) mass is 548 g/mol. The lowest BCUT2D eigenvalue weighted by molar-refractivity contribution is -0.0783. The van der Waals surface area contributed by atoms with Crippen molar-refractivity contribution in [1.82, 2.24) is 9.55 Å². The fourth-order valence-corrected chi connectivity index (χ4v) is 5.32. The van der Waals surface area contributed by atoms with Crippen molar-refractivity contribution < 1.29 is 18.9 Å². The Labute approximate surface area is 230 Å². The van der Waals surface area contributed by atoms with Gasteiger partial charge in [0.2, 0.25) is 0 Å². The van der Waals surface area contributed by atoms with Gasteiger partial charge in [0.1, 0.15) is 23.3 Å². The first-order valence-electron chi connectivity index (χ1n) is 12.5. The molecule has 0 aliphatic carbocycles. The van der Waals surface area contributed by atoms with E-state index < -0.39 is 35.3 Å². The number of benzene rings is 3. The molecule has 1 N–H and O–H groups in total. The molecule has 1 aliphatic heterocycles. The Morgan fingerprint density at radius 1 is 0.872 bits per heavy atom. The zero-order chi connectivity index (χ0) is 27.4. The molecule has 1 fully saturated rings. The van der Waals surface area contributed by atoms with Crippen LogP contribution in [0.4, 0.5) is 0 Å². The number of hydrogen-bond donors (Lipinski definition) is 1. The summed E-state index contributed by atoms with van der Waals surface area (Å²) in [5, 5.41) is 0. The molecular weight excluding hydrogens is 520 g/mol. The van der Waals surface area contributed by atoms with Crippen LogP contribution in [0.15, 0.2) is 101 Å². The van der Waals surface area contributed by atoms with Crippen molar-refractivity contribution in [2.75, 3.05) is 20.1 Å². The Morgan fingerprint density at radius 3 is 1.95 bits per heavy atom. The van der Waals surface area contributed by atoms with Gasteiger partial charge in [-0.05, 0) is 41.0 Å². The van der Waals surface area contributed by atoms with Gasteiger partial charge in [0.25, 0.3) is 5.56 Å². The second kappa shape index (κ2) is 11.5. The molecule has 1 saturated heterocycles. The van der Waals surface area contributed by atoms with Crippen LogP contribution in [0.5, 0.6) is 11.5 Å². The van der Waals surface area contributed by atoms with E-state index in [0.717, 1.165) is 28.2 Å². The average molecular weight is 549 g/mol. The lowest BCUT2D eigenvalue weighted by Crippen LogP contribution is -2.40. The van der Waals surface area contributed by atoms with E-state index in [1.165, 1.54) is 16.8 Å². The van der Waals surface area contributed by atoms with Crippen LogP contribution >= 0.6 is 11.6 Å². The van der Waals surface area contributed by atoms with E-state index in [1.54, 1.807) is 14.2 Å². The summed E-state index contributed by atoms with van der Waals surface area (Å²) in [6.45, 7) is 0. The molecule has 0 amide bonds. The molecule has 4 aromatic rings. The number of ether oxygens (including phenoxy) is 4. The number of aromatic amines is 1. The average Bonchev–Trinajstić information content (AvgIpc) is 3.38. The molecule has 9 heteroatoms. The highest BCUT2D eigenvalue weighted by molar-refractivity contribution is 6.18. The van der Waals surface area contributed by atoms with Gasteiger partial charge < -0.3 is 18.9 Å². The van der Waals surface area contributed by atoms with E-state index in [0.29, 0.717) is 6.42 Å². The molecule has 3 atom stereocenters. The van der Waals surface area contributed by atoms with Crippen molar-refractivity contribution in [1.29, 1.82) is 0 Å². The molecule has 0 spiro atoms. The predicted molar refractivity (Wildman–Crippen MR) is 148 cm³/mol. The van der Waals surface area contributed by atoms with Crippen LogP contribution in [-0.2, 0) is 15.1 Å². The van der Waals surface area contributed by atoms with Crippen molar-refractivity contribution in [3.05, 3.63) is 129 Å². The first-order chi connectivity index (χ1) is 19.0. The number of aromatic nitrogens is 2. The van der Waals surface area contributed by atoms with Crippen LogP contribution in [0.3, 0.4) is 0 Å². The van der Waals surface area contributed by atoms with Crippen LogP contribution in [0.2, 0.25) is 0 Å². The molecule has 5 rings (SSSR count). The number of nitrogens with zero attached hydrogens (tertiary/aromatic N) is 1. The molecule has 1 aliphatic rings. The van der Waals surface area contributed by atoms with Gasteiger partial charge in [-0.25, -0.2) is 4.79 Å². The molecule has 0 radical (unpaired) electrons. The van der Waals surface area contributed by atoms with Gasteiger partial charge in [0.15, 0.2) is 0 Å². The molecule has 39 heavy (non-hydrogen) atoms. The third kappa shape index (κ3) is 5.23. The maximum Gasteiger partial charge on any atom is 0.330 e. The predicted octanol–water partition coefficient (Wildman–Crippen LogP) is 4.46. The summed E-state index contributed by atoms with van der Waals surface area (Å²) in [6.07, 6.45) is 0.0790. The van der Waals surface area contributed by atoms with Gasteiger partial charge >= 0.3 is 5.69 Å². The Bertz CT molecular complexity index is 1450. The van der Waals surface area contributed by atoms with Gasteiger partial charge in [-0.1, -0.05) is 54.6 Å². The molecular formula is C30H29ClN2O6. The number of nitrogens with one attached hydrogen (secondary N) is 1. The van der Waals surface area contributed by atoms with Crippen LogP contribution in [-0.4, -0.2) is 41.9 Å². The maximum absolute atomic E-state index is 12.5.